The Morgan fingerprint density at radius 3 is 2.59 bits per heavy atom. The lowest BCUT2D eigenvalue weighted by Crippen LogP contribution is -2.55. The number of carbonyl (C=O) groups is 2. The lowest BCUT2D eigenvalue weighted by Gasteiger charge is -2.44. The maximum atomic E-state index is 13.9. The zero-order valence-electron chi connectivity index (χ0n) is 23.6. The summed E-state index contributed by atoms with van der Waals surface area (Å²) in [6, 6.07) is 3.98. The van der Waals surface area contributed by atoms with Crippen molar-refractivity contribution in [1.82, 2.24) is 24.5 Å². The van der Waals surface area contributed by atoms with E-state index in [1.54, 1.807) is 26.0 Å². The van der Waals surface area contributed by atoms with Gasteiger partial charge in [-0.1, -0.05) is 24.8 Å². The molecule has 2 aromatic rings. The van der Waals surface area contributed by atoms with Crippen LogP contribution in [-0.2, 0) is 24.8 Å². The number of aryl methyl sites for hydroxylation is 2. The summed E-state index contributed by atoms with van der Waals surface area (Å²) in [6.07, 6.45) is 4.45. The van der Waals surface area contributed by atoms with Gasteiger partial charge in [0, 0.05) is 55.5 Å². The van der Waals surface area contributed by atoms with Crippen LogP contribution in [0.3, 0.4) is 0 Å². The van der Waals surface area contributed by atoms with E-state index in [9.17, 15) is 9.59 Å². The largest absolute Gasteiger partial charge is 0.497 e. The quantitative estimate of drug-likeness (QED) is 0.570. The number of likely N-dealkylation sites (tertiary alicyclic amines) is 1. The van der Waals surface area contributed by atoms with Crippen LogP contribution in [0, 0.1) is 6.92 Å². The van der Waals surface area contributed by atoms with Crippen LogP contribution in [-0.4, -0.2) is 81.1 Å². The molecule has 0 saturated carbocycles. The first-order valence-corrected chi connectivity index (χ1v) is 14.6. The number of amides is 3. The minimum atomic E-state index is -0.414. The molecule has 39 heavy (non-hydrogen) atoms. The van der Waals surface area contributed by atoms with E-state index < -0.39 is 5.54 Å². The van der Waals surface area contributed by atoms with E-state index in [4.69, 9.17) is 9.47 Å². The zero-order valence-corrected chi connectivity index (χ0v) is 24.4. The third kappa shape index (κ3) is 3.85. The van der Waals surface area contributed by atoms with E-state index in [1.165, 1.54) is 5.56 Å². The first-order valence-electron chi connectivity index (χ1n) is 13.8. The van der Waals surface area contributed by atoms with Crippen LogP contribution in [0.15, 0.2) is 28.9 Å². The van der Waals surface area contributed by atoms with Gasteiger partial charge in [0.25, 0.3) is 0 Å². The summed E-state index contributed by atoms with van der Waals surface area (Å²) in [5.41, 5.74) is 5.01. The molecule has 2 saturated heterocycles. The van der Waals surface area contributed by atoms with E-state index in [-0.39, 0.29) is 23.1 Å². The first-order chi connectivity index (χ1) is 18.7. The molecule has 1 aromatic heterocycles. The maximum Gasteiger partial charge on any atom is 0.325 e. The van der Waals surface area contributed by atoms with Gasteiger partial charge in [-0.25, -0.2) is 4.79 Å². The van der Waals surface area contributed by atoms with Crippen molar-refractivity contribution < 1.29 is 19.1 Å². The van der Waals surface area contributed by atoms with E-state index in [1.807, 2.05) is 45.5 Å². The molecule has 10 heteroatoms. The normalized spacial score (nSPS) is 23.4. The van der Waals surface area contributed by atoms with Crippen molar-refractivity contribution in [3.8, 4) is 11.5 Å². The Balaban J connectivity index is 1.27. The number of aromatic nitrogens is 2. The predicted octanol–water partition coefficient (Wildman–Crippen LogP) is 4.08. The fourth-order valence-corrected chi connectivity index (χ4v) is 8.46. The number of ether oxygens (including phenoxy) is 2. The topological polar surface area (TPSA) is 80.1 Å². The molecule has 1 aromatic carbocycles. The van der Waals surface area contributed by atoms with Crippen molar-refractivity contribution in [2.45, 2.75) is 68.3 Å². The van der Waals surface area contributed by atoms with Crippen molar-refractivity contribution in [3.05, 3.63) is 46.3 Å². The Labute approximate surface area is 234 Å². The van der Waals surface area contributed by atoms with E-state index in [0.717, 1.165) is 58.3 Å². The Kier molecular flexibility index (Phi) is 6.36. The summed E-state index contributed by atoms with van der Waals surface area (Å²) < 4.78 is 13.2. The molecule has 0 N–H and O–H groups in total. The zero-order chi connectivity index (χ0) is 27.6. The van der Waals surface area contributed by atoms with Crippen molar-refractivity contribution in [2.24, 2.45) is 7.05 Å². The van der Waals surface area contributed by atoms with Crippen molar-refractivity contribution in [2.75, 3.05) is 33.9 Å². The molecule has 6 rings (SSSR count). The highest BCUT2D eigenvalue weighted by Crippen LogP contribution is 2.49. The number of allylic oxidation sites excluding steroid dienone is 1. The fraction of sp³-hybridized carbons (Fsp3) is 0.552. The Morgan fingerprint density at radius 2 is 1.95 bits per heavy atom. The highest BCUT2D eigenvalue weighted by Gasteiger charge is 2.55. The number of rotatable bonds is 4. The second-order valence-electron chi connectivity index (χ2n) is 11.0. The van der Waals surface area contributed by atoms with Crippen molar-refractivity contribution in [3.63, 3.8) is 0 Å². The van der Waals surface area contributed by atoms with Gasteiger partial charge < -0.3 is 19.3 Å². The Hall–Kier alpha value is -3.14. The number of fused-ring (bicyclic) bond motifs is 4. The van der Waals surface area contributed by atoms with Crippen LogP contribution >= 0.6 is 11.8 Å². The van der Waals surface area contributed by atoms with E-state index in [0.29, 0.717) is 26.2 Å². The number of hydrogen-bond donors (Lipinski definition) is 0. The lowest BCUT2D eigenvalue weighted by atomic mass is 9.82. The second-order valence-corrected chi connectivity index (χ2v) is 12.2. The van der Waals surface area contributed by atoms with Crippen molar-refractivity contribution in [1.29, 1.82) is 0 Å². The van der Waals surface area contributed by atoms with Crippen LogP contribution in [0.2, 0.25) is 0 Å². The van der Waals surface area contributed by atoms with Crippen molar-refractivity contribution >= 4 is 23.7 Å². The molecule has 5 heterocycles. The van der Waals surface area contributed by atoms with Gasteiger partial charge in [0.15, 0.2) is 0 Å². The average Bonchev–Trinajstić information content (AvgIpc) is 3.51. The number of nitrogens with zero attached hydrogens (tertiary/aromatic N) is 5. The molecular formula is C29H37N5O4S. The lowest BCUT2D eigenvalue weighted by molar-refractivity contribution is -0.132. The van der Waals surface area contributed by atoms with Gasteiger partial charge in [0.05, 0.1) is 42.3 Å². The number of carbonyl (C=O) groups excluding carboxylic acids is 2. The fourth-order valence-electron chi connectivity index (χ4n) is 7.13. The standard InChI is InChI=1S/C29H37N5O4S/c1-7-34-28(36)33-16-19-13-20(37-5)14-22(38-6)25(19)17(2)12-24(33)29(34)8-10-32(11-9-29)26(35)23-15-21-18(3)30-31(4)27(21)39-23/h12-14,17,23H,7-11,15-16H2,1-6H3/t17-,23?/m0/s1. The number of benzene rings is 1. The Bertz CT molecular complexity index is 1350. The van der Waals surface area contributed by atoms with Crippen LogP contribution < -0.4 is 9.47 Å². The summed E-state index contributed by atoms with van der Waals surface area (Å²) in [5, 5.41) is 5.51. The highest BCUT2D eigenvalue weighted by molar-refractivity contribution is 8.00. The molecular weight excluding hydrogens is 514 g/mol. The Morgan fingerprint density at radius 1 is 1.21 bits per heavy atom. The number of methoxy groups -OCH3 is 2. The first kappa shape index (κ1) is 26.1. The number of thioether (sulfide) groups is 1. The van der Waals surface area contributed by atoms with Crippen LogP contribution in [0.4, 0.5) is 4.79 Å². The minimum Gasteiger partial charge on any atom is -0.497 e. The van der Waals surface area contributed by atoms with Gasteiger partial charge in [-0.15, -0.1) is 0 Å². The molecule has 1 unspecified atom stereocenters. The summed E-state index contributed by atoms with van der Waals surface area (Å²) in [6.45, 7) is 8.61. The third-order valence-corrected chi connectivity index (χ3v) is 10.4. The van der Waals surface area contributed by atoms with Gasteiger partial charge in [0.2, 0.25) is 5.91 Å². The third-order valence-electron chi connectivity index (χ3n) is 9.02. The molecule has 9 nitrogen and oxygen atoms in total. The van der Waals surface area contributed by atoms with Gasteiger partial charge >= 0.3 is 6.03 Å². The number of urea groups is 1. The molecule has 4 aliphatic heterocycles. The molecule has 0 aliphatic carbocycles. The SMILES string of the molecule is CCN1C(=O)N2Cc3cc(OC)cc(OC)c3[C@@H](C)C=C2C12CCN(C(=O)C1Cc3c(C)nn(C)c3S1)CC2. The van der Waals surface area contributed by atoms with Gasteiger partial charge in [-0.3, -0.25) is 14.4 Å². The van der Waals surface area contributed by atoms with Crippen LogP contribution in [0.5, 0.6) is 11.5 Å². The molecule has 0 radical (unpaired) electrons. The number of piperidine rings is 1. The number of likely N-dealkylation sites (N-methyl/N-ethyl adjacent to an activating group) is 1. The molecule has 2 atom stereocenters. The van der Waals surface area contributed by atoms with E-state index in [2.05, 4.69) is 25.0 Å². The smallest absolute Gasteiger partial charge is 0.325 e. The molecule has 1 spiro atoms. The van der Waals surface area contributed by atoms with Gasteiger partial charge in [-0.2, -0.15) is 5.10 Å². The maximum absolute atomic E-state index is 13.9. The minimum absolute atomic E-state index is 0.0372. The molecule has 4 aliphatic rings. The second kappa shape index (κ2) is 9.50. The predicted molar refractivity (Wildman–Crippen MR) is 149 cm³/mol. The van der Waals surface area contributed by atoms with Gasteiger partial charge in [-0.05, 0) is 44.7 Å². The summed E-state index contributed by atoms with van der Waals surface area (Å²) in [5.74, 6) is 1.76. The summed E-state index contributed by atoms with van der Waals surface area (Å²) in [4.78, 5) is 33.5. The molecule has 2 fully saturated rings. The monoisotopic (exact) mass is 551 g/mol. The van der Waals surface area contributed by atoms with E-state index >= 15 is 0 Å². The molecule has 3 amide bonds. The average molecular weight is 552 g/mol. The molecule has 0 bridgehead atoms. The van der Waals surface area contributed by atoms with Crippen LogP contribution in [0.1, 0.15) is 55.0 Å². The summed E-state index contributed by atoms with van der Waals surface area (Å²) in [7, 11) is 5.28. The highest BCUT2D eigenvalue weighted by atomic mass is 32.2. The summed E-state index contributed by atoms with van der Waals surface area (Å²) >= 11 is 1.64. The van der Waals surface area contributed by atoms with Crippen LogP contribution in [0.25, 0.3) is 0 Å². The number of hydrogen-bond acceptors (Lipinski definition) is 6. The van der Waals surface area contributed by atoms with Gasteiger partial charge in [0.1, 0.15) is 11.5 Å². The molecule has 208 valence electrons.